The molecule has 2 aromatic rings. The van der Waals surface area contributed by atoms with Crippen LogP contribution in [0.5, 0.6) is 0 Å². The zero-order valence-corrected chi connectivity index (χ0v) is 12.7. The van der Waals surface area contributed by atoms with Crippen molar-refractivity contribution < 1.29 is 9.90 Å². The minimum atomic E-state index is -0.710. The van der Waals surface area contributed by atoms with Crippen LogP contribution in [0.15, 0.2) is 36.4 Å². The number of aliphatic carboxylic acids is 1. The first kappa shape index (κ1) is 14.8. The summed E-state index contributed by atoms with van der Waals surface area (Å²) < 4.78 is 0. The highest BCUT2D eigenvalue weighted by molar-refractivity contribution is 7.12. The van der Waals surface area contributed by atoms with E-state index in [9.17, 15) is 9.90 Å². The highest BCUT2D eigenvalue weighted by Crippen LogP contribution is 2.22. The number of hydrogen-bond acceptors (Lipinski definition) is 2. The lowest BCUT2D eigenvalue weighted by atomic mass is 9.95. The number of rotatable bonds is 6. The Labute approximate surface area is 124 Å². The van der Waals surface area contributed by atoms with Crippen LogP contribution in [0.25, 0.3) is 0 Å². The van der Waals surface area contributed by atoms with Gasteiger partial charge in [-0.3, -0.25) is 4.79 Å². The molecule has 1 heterocycles. The second-order valence-electron chi connectivity index (χ2n) is 5.15. The summed E-state index contributed by atoms with van der Waals surface area (Å²) >= 11 is 1.73. The van der Waals surface area contributed by atoms with Crippen LogP contribution >= 0.6 is 11.3 Å². The molecular weight excluding hydrogens is 268 g/mol. The number of aryl methyl sites for hydroxylation is 2. The fourth-order valence-corrected chi connectivity index (χ4v) is 3.37. The Balaban J connectivity index is 2.09. The van der Waals surface area contributed by atoms with Crippen molar-refractivity contribution in [1.82, 2.24) is 0 Å². The van der Waals surface area contributed by atoms with Gasteiger partial charge in [0.25, 0.3) is 0 Å². The second-order valence-corrected chi connectivity index (χ2v) is 6.41. The van der Waals surface area contributed by atoms with Gasteiger partial charge in [0.05, 0.1) is 5.92 Å². The van der Waals surface area contributed by atoms with Gasteiger partial charge < -0.3 is 5.11 Å². The van der Waals surface area contributed by atoms with Gasteiger partial charge >= 0.3 is 5.97 Å². The standard InChI is InChI=1S/C17H20O2S/c1-3-15-7-8-16(20-15)11-14(17(18)19)10-13-6-4-5-12(2)9-13/h4-9,14H,3,10-11H2,1-2H3,(H,18,19). The van der Waals surface area contributed by atoms with Gasteiger partial charge in [-0.05, 0) is 43.9 Å². The first-order valence-electron chi connectivity index (χ1n) is 6.94. The Morgan fingerprint density at radius 2 is 1.95 bits per heavy atom. The molecule has 1 atom stereocenters. The molecule has 0 saturated carbocycles. The predicted octanol–water partition coefficient (Wildman–Crippen LogP) is 4.10. The molecule has 0 aliphatic rings. The van der Waals surface area contributed by atoms with E-state index in [0.29, 0.717) is 12.8 Å². The van der Waals surface area contributed by atoms with E-state index in [2.05, 4.69) is 25.1 Å². The third kappa shape index (κ3) is 3.94. The van der Waals surface area contributed by atoms with E-state index in [4.69, 9.17) is 0 Å². The summed E-state index contributed by atoms with van der Waals surface area (Å²) in [5.74, 6) is -1.06. The van der Waals surface area contributed by atoms with Crippen molar-refractivity contribution in [3.8, 4) is 0 Å². The van der Waals surface area contributed by atoms with Crippen LogP contribution in [0, 0.1) is 12.8 Å². The molecule has 1 N–H and O–H groups in total. The number of carboxylic acids is 1. The van der Waals surface area contributed by atoms with Crippen LogP contribution in [0.4, 0.5) is 0 Å². The lowest BCUT2D eigenvalue weighted by Gasteiger charge is -2.11. The lowest BCUT2D eigenvalue weighted by Crippen LogP contribution is -2.18. The Kier molecular flexibility index (Phi) is 4.96. The number of hydrogen-bond donors (Lipinski definition) is 1. The van der Waals surface area contributed by atoms with Gasteiger partial charge in [0, 0.05) is 9.75 Å². The van der Waals surface area contributed by atoms with E-state index in [1.54, 1.807) is 11.3 Å². The normalized spacial score (nSPS) is 12.3. The van der Waals surface area contributed by atoms with E-state index >= 15 is 0 Å². The monoisotopic (exact) mass is 288 g/mol. The summed E-state index contributed by atoms with van der Waals surface area (Å²) in [7, 11) is 0. The van der Waals surface area contributed by atoms with Crippen molar-refractivity contribution in [3.63, 3.8) is 0 Å². The SMILES string of the molecule is CCc1ccc(CC(Cc2cccc(C)c2)C(=O)O)s1. The minimum absolute atomic E-state index is 0.347. The Hall–Kier alpha value is -1.61. The molecule has 20 heavy (non-hydrogen) atoms. The van der Waals surface area contributed by atoms with Crippen LogP contribution < -0.4 is 0 Å². The van der Waals surface area contributed by atoms with Crippen molar-refractivity contribution in [2.24, 2.45) is 5.92 Å². The molecule has 0 saturated heterocycles. The van der Waals surface area contributed by atoms with E-state index in [-0.39, 0.29) is 5.92 Å². The molecule has 2 rings (SSSR count). The summed E-state index contributed by atoms with van der Waals surface area (Å²) in [6, 6.07) is 12.3. The van der Waals surface area contributed by atoms with Crippen LogP contribution in [-0.4, -0.2) is 11.1 Å². The van der Waals surface area contributed by atoms with Crippen LogP contribution in [-0.2, 0) is 24.1 Å². The molecule has 0 aliphatic heterocycles. The molecule has 0 aliphatic carbocycles. The smallest absolute Gasteiger partial charge is 0.307 e. The number of thiophene rings is 1. The molecule has 2 nitrogen and oxygen atoms in total. The second kappa shape index (κ2) is 6.71. The minimum Gasteiger partial charge on any atom is -0.481 e. The average Bonchev–Trinajstić information content (AvgIpc) is 2.85. The van der Waals surface area contributed by atoms with E-state index < -0.39 is 5.97 Å². The van der Waals surface area contributed by atoms with E-state index in [1.807, 2.05) is 25.1 Å². The van der Waals surface area contributed by atoms with Gasteiger partial charge in [-0.15, -0.1) is 11.3 Å². The van der Waals surface area contributed by atoms with Gasteiger partial charge in [0.2, 0.25) is 0 Å². The van der Waals surface area contributed by atoms with Crippen molar-refractivity contribution >= 4 is 17.3 Å². The van der Waals surface area contributed by atoms with Crippen molar-refractivity contribution in [1.29, 1.82) is 0 Å². The zero-order chi connectivity index (χ0) is 14.5. The molecule has 0 amide bonds. The average molecular weight is 288 g/mol. The molecule has 0 spiro atoms. The molecular formula is C17H20O2S. The van der Waals surface area contributed by atoms with Crippen molar-refractivity contribution in [3.05, 3.63) is 57.3 Å². The first-order chi connectivity index (χ1) is 9.58. The molecule has 106 valence electrons. The Bertz CT molecular complexity index is 586. The number of carbonyl (C=O) groups is 1. The Morgan fingerprint density at radius 1 is 1.20 bits per heavy atom. The maximum absolute atomic E-state index is 11.5. The topological polar surface area (TPSA) is 37.3 Å². The van der Waals surface area contributed by atoms with Crippen LogP contribution in [0.2, 0.25) is 0 Å². The third-order valence-corrected chi connectivity index (χ3v) is 4.68. The predicted molar refractivity (Wildman–Crippen MR) is 83.4 cm³/mol. The molecule has 1 unspecified atom stereocenters. The van der Waals surface area contributed by atoms with Gasteiger partial charge in [0.1, 0.15) is 0 Å². The molecule has 0 fully saturated rings. The summed E-state index contributed by atoms with van der Waals surface area (Å²) in [5.41, 5.74) is 2.28. The van der Waals surface area contributed by atoms with Crippen molar-refractivity contribution in [2.75, 3.05) is 0 Å². The largest absolute Gasteiger partial charge is 0.481 e. The number of benzene rings is 1. The highest BCUT2D eigenvalue weighted by Gasteiger charge is 2.19. The molecule has 3 heteroatoms. The quantitative estimate of drug-likeness (QED) is 0.868. The van der Waals surface area contributed by atoms with Crippen LogP contribution in [0.3, 0.4) is 0 Å². The highest BCUT2D eigenvalue weighted by atomic mass is 32.1. The molecule has 0 radical (unpaired) electrons. The first-order valence-corrected chi connectivity index (χ1v) is 7.76. The fourth-order valence-electron chi connectivity index (χ4n) is 2.34. The molecule has 1 aromatic heterocycles. The molecule has 0 bridgehead atoms. The fraction of sp³-hybridized carbons (Fsp3) is 0.353. The summed E-state index contributed by atoms with van der Waals surface area (Å²) in [5, 5.41) is 9.43. The zero-order valence-electron chi connectivity index (χ0n) is 11.9. The van der Waals surface area contributed by atoms with E-state index in [1.165, 1.54) is 15.3 Å². The molecule has 1 aromatic carbocycles. The third-order valence-electron chi connectivity index (χ3n) is 3.43. The summed E-state index contributed by atoms with van der Waals surface area (Å²) in [6.45, 7) is 4.16. The van der Waals surface area contributed by atoms with Crippen LogP contribution in [0.1, 0.15) is 27.8 Å². The maximum atomic E-state index is 11.5. The van der Waals surface area contributed by atoms with Gasteiger partial charge in [-0.25, -0.2) is 0 Å². The number of carboxylic acid groups (broad SMARTS) is 1. The summed E-state index contributed by atoms with van der Waals surface area (Å²) in [6.07, 6.45) is 2.23. The summed E-state index contributed by atoms with van der Waals surface area (Å²) in [4.78, 5) is 14.0. The lowest BCUT2D eigenvalue weighted by molar-refractivity contribution is -0.141. The van der Waals surface area contributed by atoms with E-state index in [0.717, 1.165) is 12.0 Å². The maximum Gasteiger partial charge on any atom is 0.307 e. The van der Waals surface area contributed by atoms with Crippen molar-refractivity contribution in [2.45, 2.75) is 33.1 Å². The van der Waals surface area contributed by atoms with Gasteiger partial charge in [-0.1, -0.05) is 36.8 Å². The van der Waals surface area contributed by atoms with Gasteiger partial charge in [0.15, 0.2) is 0 Å². The Morgan fingerprint density at radius 3 is 2.55 bits per heavy atom. The van der Waals surface area contributed by atoms with Gasteiger partial charge in [-0.2, -0.15) is 0 Å².